The summed E-state index contributed by atoms with van der Waals surface area (Å²) in [6, 6.07) is 72.1. The fraction of sp³-hybridized carbons (Fsp3) is 0. The largest absolute Gasteiger partial charge is 0.455 e. The topological polar surface area (TPSA) is 52.1 Å². The number of fused-ring (bicyclic) bond motifs is 7. The van der Waals surface area contributed by atoms with E-state index in [1.54, 1.807) is 0 Å². The molecule has 9 aromatic carbocycles. The summed E-state index contributed by atoms with van der Waals surface area (Å²) in [5, 5.41) is 6.59. The molecule has 0 amide bonds. The molecule has 0 radical (unpaired) electrons. The molecule has 12 aromatic rings. The molecule has 3 heterocycles. The second-order valence-electron chi connectivity index (χ2n) is 15.3. The van der Waals surface area contributed by atoms with Gasteiger partial charge >= 0.3 is 0 Å². The van der Waals surface area contributed by atoms with Gasteiger partial charge < -0.3 is 8.83 Å². The van der Waals surface area contributed by atoms with Crippen LogP contribution in [0.15, 0.2) is 215 Å². The zero-order valence-electron chi connectivity index (χ0n) is 32.3. The van der Waals surface area contributed by atoms with Gasteiger partial charge in [-0.3, -0.25) is 0 Å². The normalized spacial score (nSPS) is 11.7. The third-order valence-electron chi connectivity index (χ3n) is 11.7. The van der Waals surface area contributed by atoms with Crippen molar-refractivity contribution in [3.05, 3.63) is 206 Å². The van der Waals surface area contributed by atoms with Gasteiger partial charge in [-0.1, -0.05) is 170 Å². The van der Waals surface area contributed by atoms with E-state index in [0.29, 0.717) is 5.82 Å². The van der Waals surface area contributed by atoms with Crippen LogP contribution in [0, 0.1) is 0 Å². The molecule has 0 saturated heterocycles. The lowest BCUT2D eigenvalue weighted by Gasteiger charge is -2.14. The lowest BCUT2D eigenvalue weighted by Crippen LogP contribution is -1.97. The first-order valence-corrected chi connectivity index (χ1v) is 20.2. The monoisotopic (exact) mass is 766 g/mol. The average molecular weight is 767 g/mol. The first-order valence-electron chi connectivity index (χ1n) is 20.2. The summed E-state index contributed by atoms with van der Waals surface area (Å²) >= 11 is 0. The van der Waals surface area contributed by atoms with E-state index in [1.165, 1.54) is 5.56 Å². The molecule has 0 aliphatic heterocycles. The predicted octanol–water partition coefficient (Wildman–Crippen LogP) is 15.4. The second kappa shape index (κ2) is 13.8. The quantitative estimate of drug-likeness (QED) is 0.169. The van der Waals surface area contributed by atoms with Gasteiger partial charge in [-0.25, -0.2) is 9.97 Å². The summed E-state index contributed by atoms with van der Waals surface area (Å²) in [7, 11) is 0. The van der Waals surface area contributed by atoms with E-state index in [-0.39, 0.29) is 0 Å². The van der Waals surface area contributed by atoms with E-state index in [4.69, 9.17) is 18.8 Å². The zero-order chi connectivity index (χ0) is 39.6. The maximum absolute atomic E-state index is 6.63. The van der Waals surface area contributed by atoms with E-state index < -0.39 is 0 Å². The molecule has 0 saturated carbocycles. The second-order valence-corrected chi connectivity index (χ2v) is 15.3. The molecule has 0 aliphatic carbocycles. The predicted molar refractivity (Wildman–Crippen MR) is 247 cm³/mol. The number of hydrogen-bond acceptors (Lipinski definition) is 4. The Hall–Kier alpha value is -8.08. The van der Waals surface area contributed by atoms with E-state index >= 15 is 0 Å². The number of para-hydroxylation sites is 4. The Morgan fingerprint density at radius 3 is 1.38 bits per heavy atom. The molecule has 3 aromatic heterocycles. The van der Waals surface area contributed by atoms with Crippen molar-refractivity contribution >= 4 is 54.6 Å². The van der Waals surface area contributed by atoms with Gasteiger partial charge in [0.1, 0.15) is 22.3 Å². The maximum Gasteiger partial charge on any atom is 0.161 e. The van der Waals surface area contributed by atoms with Crippen molar-refractivity contribution in [1.82, 2.24) is 9.97 Å². The fourth-order valence-electron chi connectivity index (χ4n) is 8.78. The molecule has 4 heteroatoms. The summed E-state index contributed by atoms with van der Waals surface area (Å²) in [6.07, 6.45) is 0. The highest BCUT2D eigenvalue weighted by molar-refractivity contribution is 6.12. The van der Waals surface area contributed by atoms with Crippen LogP contribution >= 0.6 is 0 Å². The van der Waals surface area contributed by atoms with E-state index in [9.17, 15) is 0 Å². The maximum atomic E-state index is 6.63. The smallest absolute Gasteiger partial charge is 0.161 e. The number of hydrogen-bond donors (Lipinski definition) is 0. The van der Waals surface area contributed by atoms with Crippen LogP contribution in [0.2, 0.25) is 0 Å². The van der Waals surface area contributed by atoms with Crippen molar-refractivity contribution in [3.63, 3.8) is 0 Å². The summed E-state index contributed by atoms with van der Waals surface area (Å²) in [4.78, 5) is 10.7. The minimum Gasteiger partial charge on any atom is -0.455 e. The van der Waals surface area contributed by atoms with Crippen LogP contribution in [0.3, 0.4) is 0 Å². The Morgan fingerprint density at radius 2 is 0.733 bits per heavy atom. The van der Waals surface area contributed by atoms with Crippen molar-refractivity contribution in [1.29, 1.82) is 0 Å². The van der Waals surface area contributed by atoms with E-state index in [0.717, 1.165) is 111 Å². The third kappa shape index (κ3) is 5.69. The minimum absolute atomic E-state index is 0.664. The van der Waals surface area contributed by atoms with Crippen LogP contribution in [0.5, 0.6) is 0 Å². The summed E-state index contributed by atoms with van der Waals surface area (Å²) < 4.78 is 13.3. The highest BCUT2D eigenvalue weighted by Crippen LogP contribution is 2.42. The summed E-state index contributed by atoms with van der Waals surface area (Å²) in [5.74, 6) is 0.664. The first kappa shape index (κ1) is 34.0. The van der Waals surface area contributed by atoms with Gasteiger partial charge in [-0.05, 0) is 69.4 Å². The van der Waals surface area contributed by atoms with Gasteiger partial charge in [0, 0.05) is 49.4 Å². The summed E-state index contributed by atoms with van der Waals surface area (Å²) in [5.41, 5.74) is 14.4. The Kier molecular flexibility index (Phi) is 7.82. The molecule has 0 spiro atoms. The Morgan fingerprint density at radius 1 is 0.283 bits per heavy atom. The highest BCUT2D eigenvalue weighted by atomic mass is 16.3. The van der Waals surface area contributed by atoms with Gasteiger partial charge in [0.15, 0.2) is 5.82 Å². The van der Waals surface area contributed by atoms with Crippen LogP contribution < -0.4 is 0 Å². The molecule has 280 valence electrons. The number of rotatable bonds is 6. The molecular weight excluding hydrogens is 733 g/mol. The first-order chi connectivity index (χ1) is 29.7. The number of furan rings is 2. The summed E-state index contributed by atoms with van der Waals surface area (Å²) in [6.45, 7) is 0. The average Bonchev–Trinajstić information content (AvgIpc) is 3.90. The Bertz CT molecular complexity index is 3460. The molecule has 0 atom stereocenters. The fourth-order valence-corrected chi connectivity index (χ4v) is 8.78. The van der Waals surface area contributed by atoms with Crippen molar-refractivity contribution in [3.8, 4) is 67.3 Å². The van der Waals surface area contributed by atoms with Crippen LogP contribution in [-0.2, 0) is 0 Å². The van der Waals surface area contributed by atoms with Crippen molar-refractivity contribution in [2.24, 2.45) is 0 Å². The van der Waals surface area contributed by atoms with Crippen LogP contribution in [0.25, 0.3) is 122 Å². The molecule has 0 bridgehead atoms. The van der Waals surface area contributed by atoms with Crippen LogP contribution in [0.1, 0.15) is 0 Å². The van der Waals surface area contributed by atoms with Crippen molar-refractivity contribution in [2.75, 3.05) is 0 Å². The van der Waals surface area contributed by atoms with Gasteiger partial charge in [0.05, 0.1) is 11.4 Å². The molecule has 0 aliphatic rings. The minimum atomic E-state index is 0.664. The van der Waals surface area contributed by atoms with Gasteiger partial charge in [-0.15, -0.1) is 0 Å². The lowest BCUT2D eigenvalue weighted by atomic mass is 9.93. The molecule has 60 heavy (non-hydrogen) atoms. The molecular formula is C56H34N2O2. The van der Waals surface area contributed by atoms with E-state index in [2.05, 4.69) is 176 Å². The molecule has 0 N–H and O–H groups in total. The Labute approximate surface area is 345 Å². The molecule has 0 fully saturated rings. The Balaban J connectivity index is 1.12. The van der Waals surface area contributed by atoms with Crippen molar-refractivity contribution in [2.45, 2.75) is 0 Å². The zero-order valence-corrected chi connectivity index (χ0v) is 32.3. The number of aromatic nitrogens is 2. The lowest BCUT2D eigenvalue weighted by molar-refractivity contribution is 0.670. The van der Waals surface area contributed by atoms with Gasteiger partial charge in [-0.2, -0.15) is 0 Å². The molecule has 4 nitrogen and oxygen atoms in total. The SMILES string of the molecule is c1ccc(-c2ccc(-c3cc(-c4cc(-c5cccc6c5oc5ccccc56)cc(-c5cccc6c5oc5ccccc56)c4)nc(-c4cccc5ccccc45)n3)cc2)cc1. The van der Waals surface area contributed by atoms with Crippen LogP contribution in [-0.4, -0.2) is 9.97 Å². The van der Waals surface area contributed by atoms with Crippen LogP contribution in [0.4, 0.5) is 0 Å². The molecule has 0 unspecified atom stereocenters. The molecule has 12 rings (SSSR count). The highest BCUT2D eigenvalue weighted by Gasteiger charge is 2.19. The van der Waals surface area contributed by atoms with E-state index in [1.807, 2.05) is 30.3 Å². The number of benzene rings is 9. The van der Waals surface area contributed by atoms with Gasteiger partial charge in [0.25, 0.3) is 0 Å². The number of nitrogens with zero attached hydrogens (tertiary/aromatic N) is 2. The van der Waals surface area contributed by atoms with Gasteiger partial charge in [0.2, 0.25) is 0 Å². The standard InChI is InChI=1S/C56H34N2O2/c1-2-13-35(14-3-1)36-27-29-38(30-28-36)50-34-51(58-56(57-50)49-24-10-16-37-15-4-5-17-42(37)49)41-32-39(43-20-11-22-47-45-18-6-8-25-52(45)59-54(43)47)31-40(33-41)44-21-12-23-48-46-19-7-9-26-53(46)60-55(44)48/h1-34H. The van der Waals surface area contributed by atoms with Crippen molar-refractivity contribution < 1.29 is 8.83 Å². The third-order valence-corrected chi connectivity index (χ3v) is 11.7.